The van der Waals surface area contributed by atoms with Gasteiger partial charge in [0, 0.05) is 25.5 Å². The predicted molar refractivity (Wildman–Crippen MR) is 78.2 cm³/mol. The molecule has 0 aliphatic heterocycles. The molecule has 1 aromatic rings. The summed E-state index contributed by atoms with van der Waals surface area (Å²) < 4.78 is 5.84. The second-order valence-corrected chi connectivity index (χ2v) is 5.55. The zero-order chi connectivity index (χ0) is 13.5. The van der Waals surface area contributed by atoms with Gasteiger partial charge in [0.05, 0.1) is 6.10 Å². The SMILES string of the molecule is CNC(Cc1ccncc1)C(OC)C1CCCCC1. The van der Waals surface area contributed by atoms with Crippen molar-refractivity contribution in [3.05, 3.63) is 30.1 Å². The molecule has 3 heteroatoms. The van der Waals surface area contributed by atoms with Gasteiger partial charge in [-0.2, -0.15) is 0 Å². The molecule has 3 nitrogen and oxygen atoms in total. The molecule has 1 fully saturated rings. The number of hydrogen-bond acceptors (Lipinski definition) is 3. The maximum absolute atomic E-state index is 5.84. The second kappa shape index (κ2) is 7.61. The van der Waals surface area contributed by atoms with Crippen molar-refractivity contribution in [2.24, 2.45) is 5.92 Å². The number of hydrogen-bond donors (Lipinski definition) is 1. The Hall–Kier alpha value is -0.930. The fourth-order valence-corrected chi connectivity index (χ4v) is 3.30. The maximum Gasteiger partial charge on any atom is 0.0755 e. The molecule has 1 N–H and O–H groups in total. The Kier molecular flexibility index (Phi) is 5.80. The highest BCUT2D eigenvalue weighted by Gasteiger charge is 2.29. The Morgan fingerprint density at radius 3 is 2.53 bits per heavy atom. The number of methoxy groups -OCH3 is 1. The van der Waals surface area contributed by atoms with E-state index in [4.69, 9.17) is 4.74 Å². The zero-order valence-electron chi connectivity index (χ0n) is 12.1. The summed E-state index contributed by atoms with van der Waals surface area (Å²) in [5.74, 6) is 0.707. The van der Waals surface area contributed by atoms with Crippen LogP contribution in [-0.4, -0.2) is 31.3 Å². The van der Waals surface area contributed by atoms with Gasteiger partial charge in [0.15, 0.2) is 0 Å². The van der Waals surface area contributed by atoms with Crippen LogP contribution >= 0.6 is 0 Å². The van der Waals surface area contributed by atoms with Crippen LogP contribution in [0.4, 0.5) is 0 Å². The lowest BCUT2D eigenvalue weighted by Crippen LogP contribution is -2.45. The molecule has 2 rings (SSSR count). The van der Waals surface area contributed by atoms with E-state index in [1.165, 1.54) is 37.7 Å². The molecule has 2 unspecified atom stereocenters. The number of nitrogens with one attached hydrogen (secondary N) is 1. The van der Waals surface area contributed by atoms with E-state index in [1.54, 1.807) is 0 Å². The van der Waals surface area contributed by atoms with Crippen LogP contribution in [0.15, 0.2) is 24.5 Å². The topological polar surface area (TPSA) is 34.2 Å². The smallest absolute Gasteiger partial charge is 0.0755 e. The number of ether oxygens (including phenoxy) is 1. The molecule has 0 radical (unpaired) electrons. The van der Waals surface area contributed by atoms with E-state index in [0.717, 1.165) is 6.42 Å². The molecule has 2 atom stereocenters. The molecule has 106 valence electrons. The van der Waals surface area contributed by atoms with Gasteiger partial charge in [-0.25, -0.2) is 0 Å². The number of likely N-dealkylation sites (N-methyl/N-ethyl adjacent to an activating group) is 1. The molecule has 1 aliphatic carbocycles. The minimum Gasteiger partial charge on any atom is -0.380 e. The lowest BCUT2D eigenvalue weighted by molar-refractivity contribution is 0.0101. The first-order chi connectivity index (χ1) is 9.35. The van der Waals surface area contributed by atoms with Crippen molar-refractivity contribution in [2.75, 3.05) is 14.2 Å². The summed E-state index contributed by atoms with van der Waals surface area (Å²) in [5.41, 5.74) is 1.33. The van der Waals surface area contributed by atoms with Gasteiger partial charge in [-0.15, -0.1) is 0 Å². The standard InChI is InChI=1S/C16H26N2O/c1-17-15(12-13-8-10-18-11-9-13)16(19-2)14-6-4-3-5-7-14/h8-11,14-17H,3-7,12H2,1-2H3. The Labute approximate surface area is 116 Å². The lowest BCUT2D eigenvalue weighted by atomic mass is 9.81. The van der Waals surface area contributed by atoms with Crippen molar-refractivity contribution < 1.29 is 4.74 Å². The maximum atomic E-state index is 5.84. The number of nitrogens with zero attached hydrogens (tertiary/aromatic N) is 1. The molecule has 1 saturated carbocycles. The quantitative estimate of drug-likeness (QED) is 0.856. The summed E-state index contributed by atoms with van der Waals surface area (Å²) >= 11 is 0. The monoisotopic (exact) mass is 262 g/mol. The third kappa shape index (κ3) is 4.02. The van der Waals surface area contributed by atoms with Crippen molar-refractivity contribution >= 4 is 0 Å². The van der Waals surface area contributed by atoms with Crippen molar-refractivity contribution in [2.45, 2.75) is 50.7 Å². The van der Waals surface area contributed by atoms with Crippen LogP contribution in [0.1, 0.15) is 37.7 Å². The zero-order valence-corrected chi connectivity index (χ0v) is 12.1. The van der Waals surface area contributed by atoms with Gasteiger partial charge in [0.2, 0.25) is 0 Å². The average Bonchev–Trinajstić information content (AvgIpc) is 2.49. The molecule has 1 heterocycles. The first-order valence-electron chi connectivity index (χ1n) is 7.44. The Morgan fingerprint density at radius 2 is 1.95 bits per heavy atom. The average molecular weight is 262 g/mol. The Morgan fingerprint density at radius 1 is 1.26 bits per heavy atom. The molecular weight excluding hydrogens is 236 g/mol. The van der Waals surface area contributed by atoms with Crippen LogP contribution in [0.25, 0.3) is 0 Å². The normalized spacial score (nSPS) is 20.1. The van der Waals surface area contributed by atoms with Crippen molar-refractivity contribution in [1.82, 2.24) is 10.3 Å². The Balaban J connectivity index is 2.01. The van der Waals surface area contributed by atoms with E-state index >= 15 is 0 Å². The molecule has 1 aliphatic rings. The van der Waals surface area contributed by atoms with Gasteiger partial charge in [0.25, 0.3) is 0 Å². The van der Waals surface area contributed by atoms with Crippen molar-refractivity contribution in [3.63, 3.8) is 0 Å². The van der Waals surface area contributed by atoms with Crippen molar-refractivity contribution in [3.8, 4) is 0 Å². The molecular formula is C16H26N2O. The predicted octanol–water partition coefficient (Wildman–Crippen LogP) is 2.81. The van der Waals surface area contributed by atoms with Gasteiger partial charge >= 0.3 is 0 Å². The summed E-state index contributed by atoms with van der Waals surface area (Å²) in [4.78, 5) is 4.08. The number of rotatable bonds is 6. The second-order valence-electron chi connectivity index (χ2n) is 5.55. The highest BCUT2D eigenvalue weighted by molar-refractivity contribution is 5.12. The van der Waals surface area contributed by atoms with Crippen LogP contribution in [0.3, 0.4) is 0 Å². The van der Waals surface area contributed by atoms with E-state index in [9.17, 15) is 0 Å². The fourth-order valence-electron chi connectivity index (χ4n) is 3.30. The first kappa shape index (κ1) is 14.5. The fraction of sp³-hybridized carbons (Fsp3) is 0.688. The minimum atomic E-state index is 0.318. The lowest BCUT2D eigenvalue weighted by Gasteiger charge is -2.35. The highest BCUT2D eigenvalue weighted by atomic mass is 16.5. The Bertz CT molecular complexity index is 349. The van der Waals surface area contributed by atoms with E-state index in [1.807, 2.05) is 26.6 Å². The molecule has 0 spiro atoms. The molecule has 0 bridgehead atoms. The largest absolute Gasteiger partial charge is 0.380 e. The van der Waals surface area contributed by atoms with Crippen LogP contribution in [0, 0.1) is 5.92 Å². The van der Waals surface area contributed by atoms with Crippen LogP contribution in [0.2, 0.25) is 0 Å². The molecule has 0 amide bonds. The van der Waals surface area contributed by atoms with Gasteiger partial charge in [0.1, 0.15) is 0 Å². The molecule has 0 aromatic carbocycles. The minimum absolute atomic E-state index is 0.318. The number of aromatic nitrogens is 1. The summed E-state index contributed by atoms with van der Waals surface area (Å²) in [6.07, 6.45) is 11.8. The van der Waals surface area contributed by atoms with E-state index < -0.39 is 0 Å². The molecule has 0 saturated heterocycles. The van der Waals surface area contributed by atoms with Gasteiger partial charge < -0.3 is 10.1 Å². The third-order valence-corrected chi connectivity index (χ3v) is 4.36. The number of pyridine rings is 1. The third-order valence-electron chi connectivity index (χ3n) is 4.36. The van der Waals surface area contributed by atoms with Crippen LogP contribution < -0.4 is 5.32 Å². The van der Waals surface area contributed by atoms with E-state index in [-0.39, 0.29) is 0 Å². The van der Waals surface area contributed by atoms with Gasteiger partial charge in [-0.3, -0.25) is 4.98 Å². The summed E-state index contributed by atoms with van der Waals surface area (Å²) in [5, 5.41) is 3.45. The van der Waals surface area contributed by atoms with E-state index in [0.29, 0.717) is 18.1 Å². The van der Waals surface area contributed by atoms with Crippen molar-refractivity contribution in [1.29, 1.82) is 0 Å². The first-order valence-corrected chi connectivity index (χ1v) is 7.44. The summed E-state index contributed by atoms with van der Waals surface area (Å²) in [6.45, 7) is 0. The van der Waals surface area contributed by atoms with E-state index in [2.05, 4.69) is 22.4 Å². The summed E-state index contributed by atoms with van der Waals surface area (Å²) in [6, 6.07) is 4.58. The van der Waals surface area contributed by atoms with Gasteiger partial charge in [-0.1, -0.05) is 19.3 Å². The van der Waals surface area contributed by atoms with Gasteiger partial charge in [-0.05, 0) is 49.9 Å². The van der Waals surface area contributed by atoms with Crippen LogP contribution in [-0.2, 0) is 11.2 Å². The van der Waals surface area contributed by atoms with Crippen LogP contribution in [0.5, 0.6) is 0 Å². The highest BCUT2D eigenvalue weighted by Crippen LogP contribution is 2.30. The molecule has 19 heavy (non-hydrogen) atoms. The molecule has 1 aromatic heterocycles. The summed E-state index contributed by atoms with van der Waals surface area (Å²) in [7, 11) is 3.90.